The number of hydrogen-bond donors (Lipinski definition) is 6. The molecule has 1 spiro atoms. The predicted octanol–water partition coefficient (Wildman–Crippen LogP) is 5.48. The summed E-state index contributed by atoms with van der Waals surface area (Å²) >= 11 is 0. The van der Waals surface area contributed by atoms with Crippen LogP contribution in [0.1, 0.15) is 87.3 Å². The molecule has 3 atom stereocenters. The molecule has 6 amide bonds. The lowest BCUT2D eigenvalue weighted by Crippen LogP contribution is -2.49. The SMILES string of the molecule is COC(=O)[C@@H]1CCCCNC(=O)CCCNC(=O)[C@@H](Cc2ccc(NC(=O)[C@H](Cc3ccc(-c4ccccc4)cc3)NC(=O)Cc3ccccc3)cc2)NC(=O)CC2(CCCC2)CC(=O)N1. The molecule has 6 rings (SSSR count). The smallest absolute Gasteiger partial charge is 0.328 e. The molecule has 4 aromatic carbocycles. The average Bonchev–Trinajstić information content (AvgIpc) is 3.77. The molecule has 348 valence electrons. The minimum absolute atomic E-state index is 0.0262. The Bertz CT molecular complexity index is 2260. The molecule has 1 saturated heterocycles. The second kappa shape index (κ2) is 24.5. The van der Waals surface area contributed by atoms with E-state index in [-0.39, 0.29) is 68.7 Å². The fraction of sp³-hybridized carbons (Fsp3) is 0.404. The minimum Gasteiger partial charge on any atom is -0.467 e. The summed E-state index contributed by atoms with van der Waals surface area (Å²) in [4.78, 5) is 93.3. The fourth-order valence-electron chi connectivity index (χ4n) is 8.81. The summed E-state index contributed by atoms with van der Waals surface area (Å²) in [6.07, 6.45) is 5.66. The van der Waals surface area contributed by atoms with Gasteiger partial charge in [0.1, 0.15) is 18.1 Å². The van der Waals surface area contributed by atoms with Crippen molar-refractivity contribution >= 4 is 47.1 Å². The van der Waals surface area contributed by atoms with Gasteiger partial charge in [0.25, 0.3) is 0 Å². The lowest BCUT2D eigenvalue weighted by atomic mass is 9.78. The molecule has 6 N–H and O–H groups in total. The van der Waals surface area contributed by atoms with Crippen molar-refractivity contribution in [2.75, 3.05) is 25.5 Å². The van der Waals surface area contributed by atoms with E-state index in [1.165, 1.54) is 7.11 Å². The van der Waals surface area contributed by atoms with Gasteiger partial charge in [0.15, 0.2) is 0 Å². The van der Waals surface area contributed by atoms with Crippen LogP contribution in [0.15, 0.2) is 109 Å². The van der Waals surface area contributed by atoms with E-state index in [9.17, 15) is 33.6 Å². The van der Waals surface area contributed by atoms with Crippen molar-refractivity contribution in [1.82, 2.24) is 26.6 Å². The largest absolute Gasteiger partial charge is 0.467 e. The molecule has 14 heteroatoms. The number of nitrogens with one attached hydrogen (secondary N) is 6. The molecule has 2 fully saturated rings. The van der Waals surface area contributed by atoms with Crippen LogP contribution in [-0.4, -0.2) is 79.7 Å². The van der Waals surface area contributed by atoms with Crippen molar-refractivity contribution < 1.29 is 38.3 Å². The maximum Gasteiger partial charge on any atom is 0.328 e. The summed E-state index contributed by atoms with van der Waals surface area (Å²) in [5.74, 6) is -2.55. The van der Waals surface area contributed by atoms with Gasteiger partial charge in [0, 0.05) is 50.9 Å². The zero-order chi connectivity index (χ0) is 46.7. The highest BCUT2D eigenvalue weighted by atomic mass is 16.5. The molecule has 66 heavy (non-hydrogen) atoms. The monoisotopic (exact) mass is 898 g/mol. The third kappa shape index (κ3) is 15.1. The van der Waals surface area contributed by atoms with E-state index in [0.29, 0.717) is 56.3 Å². The first kappa shape index (κ1) is 48.6. The van der Waals surface area contributed by atoms with Crippen LogP contribution in [0.5, 0.6) is 0 Å². The van der Waals surface area contributed by atoms with Crippen LogP contribution >= 0.6 is 0 Å². The van der Waals surface area contributed by atoms with Gasteiger partial charge in [-0.3, -0.25) is 28.8 Å². The first-order valence-corrected chi connectivity index (χ1v) is 23.1. The van der Waals surface area contributed by atoms with Crippen molar-refractivity contribution in [1.29, 1.82) is 0 Å². The Morgan fingerprint density at radius 1 is 0.667 bits per heavy atom. The Morgan fingerprint density at radius 2 is 1.29 bits per heavy atom. The van der Waals surface area contributed by atoms with E-state index < -0.39 is 41.3 Å². The molecule has 0 radical (unpaired) electrons. The molecule has 2 aliphatic rings. The van der Waals surface area contributed by atoms with E-state index in [0.717, 1.165) is 35.1 Å². The number of carbonyl (C=O) groups is 7. The molecule has 1 aliphatic carbocycles. The number of benzene rings is 4. The van der Waals surface area contributed by atoms with Crippen LogP contribution < -0.4 is 31.9 Å². The van der Waals surface area contributed by atoms with Gasteiger partial charge in [-0.05, 0) is 83.9 Å². The van der Waals surface area contributed by atoms with Gasteiger partial charge in [-0.2, -0.15) is 0 Å². The molecule has 4 aromatic rings. The van der Waals surface area contributed by atoms with E-state index in [4.69, 9.17) is 4.74 Å². The summed E-state index contributed by atoms with van der Waals surface area (Å²) in [5, 5.41) is 17.4. The van der Waals surface area contributed by atoms with Crippen LogP contribution in [0.2, 0.25) is 0 Å². The molecular formula is C52H62N6O8. The summed E-state index contributed by atoms with van der Waals surface area (Å²) in [7, 11) is 1.27. The number of amides is 6. The van der Waals surface area contributed by atoms with Gasteiger partial charge in [0.05, 0.1) is 13.5 Å². The molecule has 0 bridgehead atoms. The first-order valence-electron chi connectivity index (χ1n) is 23.1. The van der Waals surface area contributed by atoms with Gasteiger partial charge in [-0.25, -0.2) is 4.79 Å². The highest BCUT2D eigenvalue weighted by Gasteiger charge is 2.39. The van der Waals surface area contributed by atoms with Crippen molar-refractivity contribution in [2.24, 2.45) is 5.41 Å². The summed E-state index contributed by atoms with van der Waals surface area (Å²) in [6.45, 7) is 0.622. The average molecular weight is 899 g/mol. The fourth-order valence-corrected chi connectivity index (χ4v) is 8.81. The maximum absolute atomic E-state index is 13.9. The number of methoxy groups -OCH3 is 1. The summed E-state index contributed by atoms with van der Waals surface area (Å²) < 4.78 is 4.96. The Kier molecular flexibility index (Phi) is 18.0. The highest BCUT2D eigenvalue weighted by molar-refractivity contribution is 5.97. The van der Waals surface area contributed by atoms with Gasteiger partial charge in [0.2, 0.25) is 35.4 Å². The van der Waals surface area contributed by atoms with Gasteiger partial charge < -0.3 is 36.6 Å². The zero-order valence-corrected chi connectivity index (χ0v) is 37.7. The Hall–Kier alpha value is -6.83. The van der Waals surface area contributed by atoms with Gasteiger partial charge in [-0.15, -0.1) is 0 Å². The van der Waals surface area contributed by atoms with Crippen molar-refractivity contribution in [3.63, 3.8) is 0 Å². The number of hydrogen-bond acceptors (Lipinski definition) is 8. The summed E-state index contributed by atoms with van der Waals surface area (Å²) in [5.41, 5.74) is 4.35. The van der Waals surface area contributed by atoms with Crippen LogP contribution in [0.25, 0.3) is 11.1 Å². The van der Waals surface area contributed by atoms with Crippen LogP contribution in [0.4, 0.5) is 5.69 Å². The predicted molar refractivity (Wildman–Crippen MR) is 252 cm³/mol. The van der Waals surface area contributed by atoms with E-state index in [1.54, 1.807) is 24.3 Å². The lowest BCUT2D eigenvalue weighted by Gasteiger charge is -2.29. The normalized spacial score (nSPS) is 19.2. The summed E-state index contributed by atoms with van der Waals surface area (Å²) in [6, 6.07) is 31.4. The Morgan fingerprint density at radius 3 is 1.97 bits per heavy atom. The second-order valence-electron chi connectivity index (χ2n) is 17.5. The van der Waals surface area contributed by atoms with Gasteiger partial charge >= 0.3 is 5.97 Å². The third-order valence-electron chi connectivity index (χ3n) is 12.4. The standard InChI is InChI=1S/C52H62N6O8/c1-66-51(65)42-17-8-11-29-53-45(59)18-12-30-54-49(63)43(58-48(62)35-52(27-9-10-28-52)34-47(61)56-42)31-38-21-25-41(26-22-38)55-50(64)44(57-46(60)33-36-13-4-2-5-14-36)32-37-19-23-40(24-20-37)39-15-6-3-7-16-39/h2-7,13-16,19-26,42-44H,8-12,17-18,27-35H2,1H3,(H,53,59)(H,54,63)(H,55,64)(H,56,61)(H,57,60)(H,58,62)/t42-,43+,44-/m0/s1. The third-order valence-corrected chi connectivity index (χ3v) is 12.4. The van der Waals surface area contributed by atoms with Crippen molar-refractivity contribution in [3.8, 4) is 11.1 Å². The Labute approximate surface area is 386 Å². The molecule has 1 aliphatic heterocycles. The number of esters is 1. The Balaban J connectivity index is 1.14. The van der Waals surface area contributed by atoms with Crippen LogP contribution in [0.3, 0.4) is 0 Å². The van der Waals surface area contributed by atoms with E-state index in [1.807, 2.05) is 84.9 Å². The number of anilines is 1. The molecule has 1 saturated carbocycles. The topological polar surface area (TPSA) is 201 Å². The van der Waals surface area contributed by atoms with E-state index in [2.05, 4.69) is 31.9 Å². The first-order chi connectivity index (χ1) is 32.0. The van der Waals surface area contributed by atoms with Crippen LogP contribution in [-0.2, 0) is 57.6 Å². The molecule has 1 heterocycles. The lowest BCUT2D eigenvalue weighted by molar-refractivity contribution is -0.145. The second-order valence-corrected chi connectivity index (χ2v) is 17.5. The highest BCUT2D eigenvalue weighted by Crippen LogP contribution is 2.44. The quantitative estimate of drug-likeness (QED) is 0.106. The van der Waals surface area contributed by atoms with Gasteiger partial charge in [-0.1, -0.05) is 110 Å². The molecule has 0 unspecified atom stereocenters. The number of carbonyl (C=O) groups excluding carboxylic acids is 7. The molecular weight excluding hydrogens is 837 g/mol. The maximum atomic E-state index is 13.9. The minimum atomic E-state index is -0.981. The van der Waals surface area contributed by atoms with E-state index >= 15 is 0 Å². The van der Waals surface area contributed by atoms with Crippen molar-refractivity contribution in [2.45, 2.75) is 108 Å². The van der Waals surface area contributed by atoms with Crippen LogP contribution in [0, 0.1) is 5.41 Å². The molecule has 0 aromatic heterocycles. The number of rotatable bonds is 11. The zero-order valence-electron chi connectivity index (χ0n) is 37.7. The number of ether oxygens (including phenoxy) is 1. The molecule has 14 nitrogen and oxygen atoms in total. The van der Waals surface area contributed by atoms with Crippen molar-refractivity contribution in [3.05, 3.63) is 126 Å².